The number of aryl methyl sites for hydroxylation is 1. The van der Waals surface area contributed by atoms with Crippen LogP contribution >= 0.6 is 24.0 Å². The third kappa shape index (κ3) is 4.71. The lowest BCUT2D eigenvalue weighted by molar-refractivity contribution is 0.485. The number of likely N-dealkylation sites (tertiary alicyclic amines) is 1. The Morgan fingerprint density at radius 1 is 1.28 bits per heavy atom. The zero-order valence-electron chi connectivity index (χ0n) is 15.1. The Morgan fingerprint density at radius 3 is 2.68 bits per heavy atom. The van der Waals surface area contributed by atoms with Gasteiger partial charge in [0.15, 0.2) is 11.8 Å². The Morgan fingerprint density at radius 2 is 2.04 bits per heavy atom. The van der Waals surface area contributed by atoms with Gasteiger partial charge in [0.05, 0.1) is 0 Å². The molecule has 1 aliphatic rings. The van der Waals surface area contributed by atoms with Crippen molar-refractivity contribution in [1.82, 2.24) is 25.0 Å². The van der Waals surface area contributed by atoms with E-state index in [1.807, 2.05) is 18.5 Å². The number of benzene rings is 1. The van der Waals surface area contributed by atoms with Crippen LogP contribution in [0, 0.1) is 6.92 Å². The molecule has 1 aromatic carbocycles. The number of hydrogen-bond donors (Lipinski definition) is 1. The van der Waals surface area contributed by atoms with E-state index < -0.39 is 0 Å². The number of nitrogens with zero attached hydrogens (tertiary/aromatic N) is 5. The van der Waals surface area contributed by atoms with E-state index in [1.165, 1.54) is 5.56 Å². The van der Waals surface area contributed by atoms with Crippen LogP contribution in [0.2, 0.25) is 0 Å². The van der Waals surface area contributed by atoms with Gasteiger partial charge in [-0.05, 0) is 25.8 Å². The summed E-state index contributed by atoms with van der Waals surface area (Å²) in [6.07, 6.45) is 1.16. The molecular weight excluding hydrogens is 427 g/mol. The summed E-state index contributed by atoms with van der Waals surface area (Å²) in [5, 5.41) is 11.7. The summed E-state index contributed by atoms with van der Waals surface area (Å²) in [6.45, 7) is 7.51. The molecule has 2 aromatic rings. The molecule has 0 aliphatic carbocycles. The van der Waals surface area contributed by atoms with E-state index in [0.29, 0.717) is 12.5 Å². The van der Waals surface area contributed by atoms with Gasteiger partial charge in [0, 0.05) is 32.6 Å². The predicted octanol–water partition coefficient (Wildman–Crippen LogP) is 2.70. The molecule has 1 aliphatic heterocycles. The van der Waals surface area contributed by atoms with Crippen LogP contribution in [0.4, 0.5) is 0 Å². The molecule has 1 atom stereocenters. The molecule has 6 nitrogen and oxygen atoms in total. The minimum atomic E-state index is 0. The molecule has 1 fully saturated rings. The summed E-state index contributed by atoms with van der Waals surface area (Å²) in [5.74, 6) is 3.35. The monoisotopic (exact) mass is 454 g/mol. The standard InChI is InChI=1S/C18H26N6.HI/c1-4-19-18(20-12-17-22-21-14(2)23(17)3)24-11-10-16(13-24)15-8-6-5-7-9-15;/h5-9,16H,4,10-13H2,1-3H3,(H,19,20);1H. The van der Waals surface area contributed by atoms with Crippen LogP contribution in [-0.2, 0) is 13.6 Å². The maximum Gasteiger partial charge on any atom is 0.194 e. The maximum atomic E-state index is 4.78. The van der Waals surface area contributed by atoms with Crippen LogP contribution in [-0.4, -0.2) is 45.3 Å². The highest BCUT2D eigenvalue weighted by Crippen LogP contribution is 2.26. The maximum absolute atomic E-state index is 4.78. The first-order chi connectivity index (χ1) is 11.7. The van der Waals surface area contributed by atoms with Gasteiger partial charge in [-0.15, -0.1) is 34.2 Å². The van der Waals surface area contributed by atoms with Crippen molar-refractivity contribution in [1.29, 1.82) is 0 Å². The number of aliphatic imine (C=N–C) groups is 1. The van der Waals surface area contributed by atoms with E-state index in [1.54, 1.807) is 0 Å². The summed E-state index contributed by atoms with van der Waals surface area (Å²) >= 11 is 0. The smallest absolute Gasteiger partial charge is 0.194 e. The zero-order valence-corrected chi connectivity index (χ0v) is 17.5. The number of nitrogens with one attached hydrogen (secondary N) is 1. The molecule has 2 heterocycles. The van der Waals surface area contributed by atoms with E-state index in [-0.39, 0.29) is 24.0 Å². The average Bonchev–Trinajstić information content (AvgIpc) is 3.21. The molecule has 1 saturated heterocycles. The highest BCUT2D eigenvalue weighted by molar-refractivity contribution is 14.0. The Bertz CT molecular complexity index is 697. The highest BCUT2D eigenvalue weighted by Gasteiger charge is 2.25. The molecule has 0 spiro atoms. The van der Waals surface area contributed by atoms with Gasteiger partial charge in [-0.25, -0.2) is 4.99 Å². The van der Waals surface area contributed by atoms with Crippen LogP contribution in [0.25, 0.3) is 0 Å². The van der Waals surface area contributed by atoms with Crippen molar-refractivity contribution in [2.24, 2.45) is 12.0 Å². The van der Waals surface area contributed by atoms with Gasteiger partial charge in [-0.1, -0.05) is 30.3 Å². The van der Waals surface area contributed by atoms with Crippen LogP contribution in [0.3, 0.4) is 0 Å². The third-order valence-corrected chi connectivity index (χ3v) is 4.65. The molecule has 1 N–H and O–H groups in total. The first kappa shape index (κ1) is 19.7. The van der Waals surface area contributed by atoms with Gasteiger partial charge in [-0.2, -0.15) is 0 Å². The Labute approximate surface area is 166 Å². The fourth-order valence-electron chi connectivity index (χ4n) is 3.11. The Balaban J connectivity index is 0.00000225. The summed E-state index contributed by atoms with van der Waals surface area (Å²) in [7, 11) is 1.98. The van der Waals surface area contributed by atoms with E-state index >= 15 is 0 Å². The lowest BCUT2D eigenvalue weighted by Gasteiger charge is -2.21. The molecule has 136 valence electrons. The molecule has 0 amide bonds. The van der Waals surface area contributed by atoms with Crippen molar-refractivity contribution < 1.29 is 0 Å². The second-order valence-electron chi connectivity index (χ2n) is 6.23. The quantitative estimate of drug-likeness (QED) is 0.439. The first-order valence-electron chi connectivity index (χ1n) is 8.62. The van der Waals surface area contributed by atoms with Crippen molar-refractivity contribution in [3.8, 4) is 0 Å². The molecule has 1 aromatic heterocycles. The largest absolute Gasteiger partial charge is 0.357 e. The van der Waals surface area contributed by atoms with Gasteiger partial charge in [0.1, 0.15) is 12.4 Å². The van der Waals surface area contributed by atoms with E-state index in [4.69, 9.17) is 4.99 Å². The minimum absolute atomic E-state index is 0. The number of aromatic nitrogens is 3. The van der Waals surface area contributed by atoms with Crippen LogP contribution < -0.4 is 5.32 Å². The van der Waals surface area contributed by atoms with E-state index in [9.17, 15) is 0 Å². The summed E-state index contributed by atoms with van der Waals surface area (Å²) < 4.78 is 1.99. The molecule has 1 unspecified atom stereocenters. The van der Waals surface area contributed by atoms with E-state index in [2.05, 4.69) is 57.7 Å². The van der Waals surface area contributed by atoms with Crippen molar-refractivity contribution in [3.05, 3.63) is 47.5 Å². The second kappa shape index (κ2) is 9.17. The number of rotatable bonds is 4. The lowest BCUT2D eigenvalue weighted by Crippen LogP contribution is -2.40. The van der Waals surface area contributed by atoms with E-state index in [0.717, 1.165) is 43.7 Å². The topological polar surface area (TPSA) is 58.3 Å². The van der Waals surface area contributed by atoms with Crippen LogP contribution in [0.15, 0.2) is 35.3 Å². The molecule has 0 saturated carbocycles. The molecule has 0 radical (unpaired) electrons. The number of halogens is 1. The number of guanidine groups is 1. The van der Waals surface area contributed by atoms with Gasteiger partial charge in [0.2, 0.25) is 0 Å². The second-order valence-corrected chi connectivity index (χ2v) is 6.23. The third-order valence-electron chi connectivity index (χ3n) is 4.65. The van der Waals surface area contributed by atoms with Crippen molar-refractivity contribution >= 4 is 29.9 Å². The number of hydrogen-bond acceptors (Lipinski definition) is 3. The fourth-order valence-corrected chi connectivity index (χ4v) is 3.11. The summed E-state index contributed by atoms with van der Waals surface area (Å²) in [4.78, 5) is 7.13. The average molecular weight is 454 g/mol. The molecule has 0 bridgehead atoms. The highest BCUT2D eigenvalue weighted by atomic mass is 127. The predicted molar refractivity (Wildman–Crippen MR) is 111 cm³/mol. The van der Waals surface area contributed by atoms with Crippen LogP contribution in [0.5, 0.6) is 0 Å². The minimum Gasteiger partial charge on any atom is -0.357 e. The lowest BCUT2D eigenvalue weighted by atomic mass is 9.99. The molecule has 3 rings (SSSR count). The molecular formula is C18H27IN6. The van der Waals surface area contributed by atoms with Gasteiger partial charge >= 0.3 is 0 Å². The van der Waals surface area contributed by atoms with Gasteiger partial charge in [0.25, 0.3) is 0 Å². The normalized spacial score (nSPS) is 17.5. The van der Waals surface area contributed by atoms with Crippen molar-refractivity contribution in [2.75, 3.05) is 19.6 Å². The van der Waals surface area contributed by atoms with Crippen LogP contribution in [0.1, 0.15) is 36.5 Å². The Hall–Kier alpha value is -1.64. The van der Waals surface area contributed by atoms with Crippen molar-refractivity contribution in [3.63, 3.8) is 0 Å². The summed E-state index contributed by atoms with van der Waals surface area (Å²) in [5.41, 5.74) is 1.42. The summed E-state index contributed by atoms with van der Waals surface area (Å²) in [6, 6.07) is 10.8. The fraction of sp³-hybridized carbons (Fsp3) is 0.500. The van der Waals surface area contributed by atoms with Gasteiger partial charge < -0.3 is 14.8 Å². The van der Waals surface area contributed by atoms with Crippen molar-refractivity contribution in [2.45, 2.75) is 32.7 Å². The zero-order chi connectivity index (χ0) is 16.9. The SMILES string of the molecule is CCNC(=NCc1nnc(C)n1C)N1CCC(c2ccccc2)C1.I. The molecule has 25 heavy (non-hydrogen) atoms. The Kier molecular flexibility index (Phi) is 7.22. The first-order valence-corrected chi connectivity index (χ1v) is 8.62. The molecule has 7 heteroatoms. The van der Waals surface area contributed by atoms with Gasteiger partial charge in [-0.3, -0.25) is 0 Å².